The van der Waals surface area contributed by atoms with Crippen molar-refractivity contribution in [3.05, 3.63) is 70.2 Å². The van der Waals surface area contributed by atoms with E-state index in [0.29, 0.717) is 27.7 Å². The zero-order valence-electron chi connectivity index (χ0n) is 12.8. The normalized spacial score (nSPS) is 16.4. The number of rotatable bonds is 2. The SMILES string of the molecule is O=C1CC(c2cc(F)cc(F)c2)c2c(n[nH]c2-c2ccc(Cl)cc2)N1. The summed E-state index contributed by atoms with van der Waals surface area (Å²) in [6.07, 6.45) is 0.0794. The molecule has 0 radical (unpaired) electrons. The van der Waals surface area contributed by atoms with E-state index in [1.807, 2.05) is 12.1 Å². The van der Waals surface area contributed by atoms with Gasteiger partial charge in [0, 0.05) is 34.6 Å². The molecular formula is C18H12ClF2N3O. The van der Waals surface area contributed by atoms with Crippen molar-refractivity contribution in [2.75, 3.05) is 5.32 Å². The predicted molar refractivity (Wildman–Crippen MR) is 90.5 cm³/mol. The van der Waals surface area contributed by atoms with Gasteiger partial charge in [-0.2, -0.15) is 5.10 Å². The van der Waals surface area contributed by atoms with E-state index in [-0.39, 0.29) is 12.3 Å². The zero-order valence-corrected chi connectivity index (χ0v) is 13.6. The lowest BCUT2D eigenvalue weighted by molar-refractivity contribution is -0.116. The summed E-state index contributed by atoms with van der Waals surface area (Å²) in [4.78, 5) is 12.0. The van der Waals surface area contributed by atoms with Crippen LogP contribution in [0.1, 0.15) is 23.5 Å². The van der Waals surface area contributed by atoms with Crippen LogP contribution in [-0.2, 0) is 4.79 Å². The van der Waals surface area contributed by atoms with Crippen molar-refractivity contribution in [1.29, 1.82) is 0 Å². The summed E-state index contributed by atoms with van der Waals surface area (Å²) in [6.45, 7) is 0. The fourth-order valence-electron chi connectivity index (χ4n) is 3.15. The highest BCUT2D eigenvalue weighted by Gasteiger charge is 2.32. The van der Waals surface area contributed by atoms with Gasteiger partial charge >= 0.3 is 0 Å². The zero-order chi connectivity index (χ0) is 17.6. The quantitative estimate of drug-likeness (QED) is 0.708. The molecule has 0 saturated heterocycles. The topological polar surface area (TPSA) is 57.8 Å². The first-order valence-electron chi connectivity index (χ1n) is 7.61. The second-order valence-electron chi connectivity index (χ2n) is 5.88. The molecule has 1 amide bonds. The number of nitrogens with zero attached hydrogens (tertiary/aromatic N) is 1. The molecule has 0 aliphatic carbocycles. The summed E-state index contributed by atoms with van der Waals surface area (Å²) in [5.41, 5.74) is 2.59. The fourth-order valence-corrected chi connectivity index (χ4v) is 3.28. The van der Waals surface area contributed by atoms with Gasteiger partial charge in [-0.25, -0.2) is 8.78 Å². The lowest BCUT2D eigenvalue weighted by Gasteiger charge is -2.23. The van der Waals surface area contributed by atoms with E-state index in [9.17, 15) is 13.6 Å². The van der Waals surface area contributed by atoms with Gasteiger partial charge in [-0.15, -0.1) is 0 Å². The maximum Gasteiger partial charge on any atom is 0.226 e. The van der Waals surface area contributed by atoms with Crippen LogP contribution in [0.3, 0.4) is 0 Å². The second-order valence-corrected chi connectivity index (χ2v) is 6.31. The summed E-state index contributed by atoms with van der Waals surface area (Å²) in [6, 6.07) is 10.4. The average molecular weight is 360 g/mol. The summed E-state index contributed by atoms with van der Waals surface area (Å²) < 4.78 is 27.3. The number of aromatic amines is 1. The highest BCUT2D eigenvalue weighted by Crippen LogP contribution is 2.42. The van der Waals surface area contributed by atoms with Crippen LogP contribution >= 0.6 is 11.6 Å². The van der Waals surface area contributed by atoms with Crippen LogP contribution in [0.15, 0.2) is 42.5 Å². The Balaban J connectivity index is 1.88. The van der Waals surface area contributed by atoms with Crippen LogP contribution in [0.4, 0.5) is 14.6 Å². The summed E-state index contributed by atoms with van der Waals surface area (Å²) in [5.74, 6) is -1.75. The lowest BCUT2D eigenvalue weighted by atomic mass is 9.84. The number of hydrogen-bond acceptors (Lipinski definition) is 2. The molecule has 2 heterocycles. The van der Waals surface area contributed by atoms with Crippen LogP contribution in [-0.4, -0.2) is 16.1 Å². The van der Waals surface area contributed by atoms with Crippen LogP contribution in [0.25, 0.3) is 11.3 Å². The first-order chi connectivity index (χ1) is 12.0. The Labute approximate surface area is 146 Å². The summed E-state index contributed by atoms with van der Waals surface area (Å²) in [7, 11) is 0. The van der Waals surface area contributed by atoms with Crippen molar-refractivity contribution in [3.8, 4) is 11.3 Å². The number of halogens is 3. The van der Waals surface area contributed by atoms with E-state index in [1.54, 1.807) is 12.1 Å². The van der Waals surface area contributed by atoms with Crippen LogP contribution in [0.5, 0.6) is 0 Å². The monoisotopic (exact) mass is 359 g/mol. The molecule has 25 heavy (non-hydrogen) atoms. The molecule has 4 rings (SSSR count). The highest BCUT2D eigenvalue weighted by atomic mass is 35.5. The van der Waals surface area contributed by atoms with Gasteiger partial charge in [0.15, 0.2) is 5.82 Å². The number of nitrogens with one attached hydrogen (secondary N) is 2. The molecule has 2 N–H and O–H groups in total. The summed E-state index contributed by atoms with van der Waals surface area (Å²) in [5, 5.41) is 10.3. The third-order valence-electron chi connectivity index (χ3n) is 4.22. The molecule has 1 atom stereocenters. The number of fused-ring (bicyclic) bond motifs is 1. The number of hydrogen-bond donors (Lipinski definition) is 2. The Morgan fingerprint density at radius 3 is 2.44 bits per heavy atom. The molecule has 1 aliphatic rings. The van der Waals surface area contributed by atoms with Crippen LogP contribution in [0.2, 0.25) is 5.02 Å². The van der Waals surface area contributed by atoms with E-state index >= 15 is 0 Å². The number of carbonyl (C=O) groups excluding carboxylic acids is 1. The third-order valence-corrected chi connectivity index (χ3v) is 4.47. The number of benzene rings is 2. The largest absolute Gasteiger partial charge is 0.309 e. The average Bonchev–Trinajstić information content (AvgIpc) is 2.97. The molecule has 0 bridgehead atoms. The van der Waals surface area contributed by atoms with Gasteiger partial charge in [-0.05, 0) is 29.8 Å². The van der Waals surface area contributed by atoms with E-state index in [1.165, 1.54) is 12.1 Å². The molecule has 1 aromatic heterocycles. The van der Waals surface area contributed by atoms with E-state index < -0.39 is 17.6 Å². The molecule has 2 aromatic carbocycles. The van der Waals surface area contributed by atoms with E-state index in [0.717, 1.165) is 11.6 Å². The molecule has 1 aliphatic heterocycles. The first-order valence-corrected chi connectivity index (χ1v) is 7.99. The number of anilines is 1. The lowest BCUT2D eigenvalue weighted by Crippen LogP contribution is -2.23. The third kappa shape index (κ3) is 2.89. The molecule has 1 unspecified atom stereocenters. The molecule has 126 valence electrons. The Bertz CT molecular complexity index is 949. The van der Waals surface area contributed by atoms with Gasteiger partial charge in [-0.1, -0.05) is 23.7 Å². The van der Waals surface area contributed by atoms with Crippen molar-refractivity contribution < 1.29 is 13.6 Å². The minimum Gasteiger partial charge on any atom is -0.309 e. The number of aromatic nitrogens is 2. The Morgan fingerprint density at radius 1 is 1.08 bits per heavy atom. The molecule has 4 nitrogen and oxygen atoms in total. The van der Waals surface area contributed by atoms with Gasteiger partial charge in [0.25, 0.3) is 0 Å². The first kappa shape index (κ1) is 15.8. The van der Waals surface area contributed by atoms with Crippen LogP contribution in [0, 0.1) is 11.6 Å². The molecular weight excluding hydrogens is 348 g/mol. The van der Waals surface area contributed by atoms with Crippen molar-refractivity contribution in [2.24, 2.45) is 0 Å². The Kier molecular flexibility index (Phi) is 3.77. The Morgan fingerprint density at radius 2 is 1.76 bits per heavy atom. The number of amides is 1. The minimum absolute atomic E-state index is 0.0794. The second kappa shape index (κ2) is 5.97. The summed E-state index contributed by atoms with van der Waals surface area (Å²) >= 11 is 5.93. The highest BCUT2D eigenvalue weighted by molar-refractivity contribution is 6.30. The Hall–Kier alpha value is -2.73. The van der Waals surface area contributed by atoms with Gasteiger partial charge in [0.05, 0.1) is 5.69 Å². The molecule has 7 heteroatoms. The van der Waals surface area contributed by atoms with E-state index in [4.69, 9.17) is 11.6 Å². The van der Waals surface area contributed by atoms with Crippen molar-refractivity contribution >= 4 is 23.3 Å². The van der Waals surface area contributed by atoms with Gasteiger partial charge in [0.1, 0.15) is 11.6 Å². The molecule has 3 aromatic rings. The smallest absolute Gasteiger partial charge is 0.226 e. The van der Waals surface area contributed by atoms with Gasteiger partial charge < -0.3 is 5.32 Å². The fraction of sp³-hybridized carbons (Fsp3) is 0.111. The minimum atomic E-state index is -0.681. The maximum atomic E-state index is 13.7. The van der Waals surface area contributed by atoms with Crippen LogP contribution < -0.4 is 5.32 Å². The van der Waals surface area contributed by atoms with Crippen molar-refractivity contribution in [1.82, 2.24) is 10.2 Å². The molecule has 0 spiro atoms. The van der Waals surface area contributed by atoms with E-state index in [2.05, 4.69) is 15.5 Å². The van der Waals surface area contributed by atoms with Gasteiger partial charge in [-0.3, -0.25) is 9.89 Å². The molecule has 0 fully saturated rings. The standard InChI is InChI=1S/C18H12ClF2N3O/c19-11-3-1-9(2-4-11)17-16-14(8-15(25)22-18(16)24-23-17)10-5-12(20)7-13(21)6-10/h1-7,14H,8H2,(H2,22,23,24,25). The van der Waals surface area contributed by atoms with Gasteiger partial charge in [0.2, 0.25) is 5.91 Å². The number of carbonyl (C=O) groups is 1. The predicted octanol–water partition coefficient (Wildman–Crippen LogP) is 4.48. The molecule has 0 saturated carbocycles. The van der Waals surface area contributed by atoms with Crippen molar-refractivity contribution in [3.63, 3.8) is 0 Å². The van der Waals surface area contributed by atoms with Crippen molar-refractivity contribution in [2.45, 2.75) is 12.3 Å². The number of H-pyrrole nitrogens is 1. The maximum absolute atomic E-state index is 13.7.